The molecule has 6 nitrogen and oxygen atoms in total. The number of carbonyl (C=O) groups is 3. The first-order valence-electron chi connectivity index (χ1n) is 7.47. The summed E-state index contributed by atoms with van der Waals surface area (Å²) in [5.41, 5.74) is 1.16. The van der Waals surface area contributed by atoms with E-state index in [0.29, 0.717) is 11.3 Å². The standard InChI is InChI=1S/C19H14N2O4/c22-17(19(24)25)15-9-8-14(21-10-4-5-11-21)12-16(15)20-18(23)13-6-2-1-3-7-13/h1-12H,(H,20,23)(H,24,25). The van der Waals surface area contributed by atoms with Gasteiger partial charge in [0.15, 0.2) is 0 Å². The van der Waals surface area contributed by atoms with Gasteiger partial charge >= 0.3 is 5.97 Å². The molecule has 2 aromatic carbocycles. The van der Waals surface area contributed by atoms with Gasteiger partial charge in [0.05, 0.1) is 11.3 Å². The van der Waals surface area contributed by atoms with Crippen molar-refractivity contribution in [1.82, 2.24) is 4.57 Å². The molecule has 1 amide bonds. The van der Waals surface area contributed by atoms with Gasteiger partial charge in [0.2, 0.25) is 0 Å². The topological polar surface area (TPSA) is 88.4 Å². The SMILES string of the molecule is O=C(O)C(=O)c1ccc(-n2cccc2)cc1NC(=O)c1ccccc1. The van der Waals surface area contributed by atoms with Gasteiger partial charge in [-0.1, -0.05) is 18.2 Å². The minimum Gasteiger partial charge on any atom is -0.475 e. The van der Waals surface area contributed by atoms with E-state index in [9.17, 15) is 14.4 Å². The largest absolute Gasteiger partial charge is 0.475 e. The monoisotopic (exact) mass is 334 g/mol. The number of benzene rings is 2. The van der Waals surface area contributed by atoms with E-state index >= 15 is 0 Å². The second-order valence-electron chi connectivity index (χ2n) is 5.27. The number of ketones is 1. The Labute approximate surface area is 143 Å². The third-order valence-electron chi connectivity index (χ3n) is 3.63. The van der Waals surface area contributed by atoms with Crippen molar-refractivity contribution in [2.75, 3.05) is 5.32 Å². The first-order chi connectivity index (χ1) is 12.1. The first-order valence-corrected chi connectivity index (χ1v) is 7.47. The summed E-state index contributed by atoms with van der Waals surface area (Å²) in [7, 11) is 0. The van der Waals surface area contributed by atoms with E-state index in [-0.39, 0.29) is 11.3 Å². The Kier molecular flexibility index (Phi) is 4.43. The molecule has 0 unspecified atom stereocenters. The Hall–Kier alpha value is -3.67. The summed E-state index contributed by atoms with van der Waals surface area (Å²) in [6.07, 6.45) is 3.60. The molecule has 0 saturated carbocycles. The number of amides is 1. The van der Waals surface area contributed by atoms with Crippen LogP contribution >= 0.6 is 0 Å². The zero-order valence-electron chi connectivity index (χ0n) is 13.0. The van der Waals surface area contributed by atoms with E-state index in [4.69, 9.17) is 5.11 Å². The number of anilines is 1. The first kappa shape index (κ1) is 16.2. The van der Waals surface area contributed by atoms with Crippen LogP contribution in [0.5, 0.6) is 0 Å². The number of hydrogen-bond acceptors (Lipinski definition) is 3. The zero-order chi connectivity index (χ0) is 17.8. The van der Waals surface area contributed by atoms with E-state index in [0.717, 1.165) is 0 Å². The van der Waals surface area contributed by atoms with Crippen LogP contribution in [0.25, 0.3) is 5.69 Å². The van der Waals surface area contributed by atoms with Gasteiger partial charge in [0.25, 0.3) is 11.7 Å². The number of nitrogens with one attached hydrogen (secondary N) is 1. The molecule has 0 fully saturated rings. The molecule has 0 spiro atoms. The van der Waals surface area contributed by atoms with E-state index in [2.05, 4.69) is 5.32 Å². The van der Waals surface area contributed by atoms with Crippen LogP contribution in [-0.2, 0) is 4.79 Å². The summed E-state index contributed by atoms with van der Waals surface area (Å²) in [6, 6.07) is 16.7. The highest BCUT2D eigenvalue weighted by atomic mass is 16.4. The lowest BCUT2D eigenvalue weighted by atomic mass is 10.1. The molecule has 1 heterocycles. The maximum atomic E-state index is 12.4. The van der Waals surface area contributed by atoms with Gasteiger partial charge in [-0.25, -0.2) is 4.79 Å². The molecule has 25 heavy (non-hydrogen) atoms. The fraction of sp³-hybridized carbons (Fsp3) is 0. The molecule has 6 heteroatoms. The van der Waals surface area contributed by atoms with Crippen LogP contribution < -0.4 is 5.32 Å². The molecule has 124 valence electrons. The molecule has 1 aromatic heterocycles. The Bertz CT molecular complexity index is 931. The Balaban J connectivity index is 2.01. The third-order valence-corrected chi connectivity index (χ3v) is 3.63. The van der Waals surface area contributed by atoms with Crippen molar-refractivity contribution in [2.24, 2.45) is 0 Å². The quantitative estimate of drug-likeness (QED) is 0.554. The van der Waals surface area contributed by atoms with E-state index in [1.165, 1.54) is 6.07 Å². The van der Waals surface area contributed by atoms with Crippen molar-refractivity contribution in [2.45, 2.75) is 0 Å². The third kappa shape index (κ3) is 3.48. The van der Waals surface area contributed by atoms with Crippen LogP contribution in [0.3, 0.4) is 0 Å². The van der Waals surface area contributed by atoms with Crippen LogP contribution in [0, 0.1) is 0 Å². The molecule has 3 aromatic rings. The average molecular weight is 334 g/mol. The van der Waals surface area contributed by atoms with Crippen molar-refractivity contribution in [1.29, 1.82) is 0 Å². The summed E-state index contributed by atoms with van der Waals surface area (Å²) in [5, 5.41) is 11.6. The minimum absolute atomic E-state index is 0.0762. The van der Waals surface area contributed by atoms with Gasteiger partial charge in [-0.2, -0.15) is 0 Å². The predicted molar refractivity (Wildman–Crippen MR) is 92.1 cm³/mol. The highest BCUT2D eigenvalue weighted by molar-refractivity contribution is 6.41. The van der Waals surface area contributed by atoms with Crippen molar-refractivity contribution >= 4 is 23.3 Å². The van der Waals surface area contributed by atoms with Crippen LogP contribution in [0.4, 0.5) is 5.69 Å². The van der Waals surface area contributed by atoms with Crippen molar-refractivity contribution < 1.29 is 19.5 Å². The van der Waals surface area contributed by atoms with Crippen molar-refractivity contribution in [3.05, 3.63) is 84.2 Å². The number of rotatable bonds is 5. The number of aliphatic carboxylic acids is 1. The lowest BCUT2D eigenvalue weighted by Crippen LogP contribution is -2.19. The van der Waals surface area contributed by atoms with E-state index in [1.807, 2.05) is 12.1 Å². The average Bonchev–Trinajstić information content (AvgIpc) is 3.16. The number of nitrogens with zero attached hydrogens (tertiary/aromatic N) is 1. The van der Waals surface area contributed by atoms with Crippen LogP contribution in [0.1, 0.15) is 20.7 Å². The van der Waals surface area contributed by atoms with Crippen molar-refractivity contribution in [3.8, 4) is 5.69 Å². The van der Waals surface area contributed by atoms with Gasteiger partial charge in [-0.3, -0.25) is 9.59 Å². The van der Waals surface area contributed by atoms with Crippen LogP contribution in [-0.4, -0.2) is 27.3 Å². The highest BCUT2D eigenvalue weighted by Crippen LogP contribution is 2.22. The second kappa shape index (κ2) is 6.84. The molecular formula is C19H14N2O4. The number of aromatic nitrogens is 1. The normalized spacial score (nSPS) is 10.2. The summed E-state index contributed by atoms with van der Waals surface area (Å²) < 4.78 is 1.78. The summed E-state index contributed by atoms with van der Waals surface area (Å²) >= 11 is 0. The van der Waals surface area contributed by atoms with E-state index in [1.54, 1.807) is 59.4 Å². The molecule has 0 aliphatic heterocycles. The molecule has 3 rings (SSSR count). The molecule has 0 saturated heterocycles. The fourth-order valence-corrected chi connectivity index (χ4v) is 2.40. The summed E-state index contributed by atoms with van der Waals surface area (Å²) in [4.78, 5) is 35.4. The van der Waals surface area contributed by atoms with Crippen LogP contribution in [0.15, 0.2) is 73.1 Å². The molecule has 0 atom stereocenters. The maximum absolute atomic E-state index is 12.4. The molecule has 0 bridgehead atoms. The molecule has 0 radical (unpaired) electrons. The van der Waals surface area contributed by atoms with Gasteiger partial charge in [0, 0.05) is 23.6 Å². The van der Waals surface area contributed by atoms with Gasteiger partial charge in [-0.15, -0.1) is 0 Å². The molecule has 0 aliphatic rings. The van der Waals surface area contributed by atoms with E-state index < -0.39 is 17.7 Å². The van der Waals surface area contributed by atoms with Crippen LogP contribution in [0.2, 0.25) is 0 Å². The predicted octanol–water partition coefficient (Wildman–Crippen LogP) is 3.00. The number of carboxylic acid groups (broad SMARTS) is 1. The molecule has 2 N–H and O–H groups in total. The Morgan fingerprint density at radius 1 is 0.880 bits per heavy atom. The van der Waals surface area contributed by atoms with Gasteiger partial charge < -0.3 is 15.0 Å². The number of hydrogen-bond donors (Lipinski definition) is 2. The maximum Gasteiger partial charge on any atom is 0.377 e. The molecule has 0 aliphatic carbocycles. The molecular weight excluding hydrogens is 320 g/mol. The lowest BCUT2D eigenvalue weighted by Gasteiger charge is -2.12. The second-order valence-corrected chi connectivity index (χ2v) is 5.27. The minimum atomic E-state index is -1.58. The zero-order valence-corrected chi connectivity index (χ0v) is 13.0. The van der Waals surface area contributed by atoms with Gasteiger partial charge in [0.1, 0.15) is 0 Å². The fourth-order valence-electron chi connectivity index (χ4n) is 2.40. The number of Topliss-reactive ketones (excluding diaryl/α,β-unsaturated/α-hetero) is 1. The summed E-state index contributed by atoms with van der Waals surface area (Å²) in [6.45, 7) is 0. The Morgan fingerprint density at radius 2 is 1.56 bits per heavy atom. The summed E-state index contributed by atoms with van der Waals surface area (Å²) in [5.74, 6) is -3.09. The Morgan fingerprint density at radius 3 is 2.20 bits per heavy atom. The van der Waals surface area contributed by atoms with Gasteiger partial charge in [-0.05, 0) is 42.5 Å². The lowest BCUT2D eigenvalue weighted by molar-refractivity contribution is -0.131. The number of carbonyl (C=O) groups excluding carboxylic acids is 2. The smallest absolute Gasteiger partial charge is 0.377 e. The van der Waals surface area contributed by atoms with Crippen molar-refractivity contribution in [3.63, 3.8) is 0 Å². The number of carboxylic acids is 1. The highest BCUT2D eigenvalue weighted by Gasteiger charge is 2.20.